The van der Waals surface area contributed by atoms with Gasteiger partial charge in [0.1, 0.15) is 0 Å². The Labute approximate surface area is 161 Å². The van der Waals surface area contributed by atoms with E-state index in [1.165, 1.54) is 25.7 Å². The van der Waals surface area contributed by atoms with Gasteiger partial charge in [0.2, 0.25) is 0 Å². The molecule has 2 saturated carbocycles. The molecule has 2 atom stereocenters. The van der Waals surface area contributed by atoms with E-state index < -0.39 is 0 Å². The predicted molar refractivity (Wildman–Crippen MR) is 109 cm³/mol. The van der Waals surface area contributed by atoms with E-state index in [-0.39, 0.29) is 0 Å². The number of methoxy groups -OCH3 is 2. The van der Waals surface area contributed by atoms with Gasteiger partial charge in [-0.1, -0.05) is 0 Å². The molecule has 0 spiro atoms. The van der Waals surface area contributed by atoms with Crippen LogP contribution < -0.4 is 22.1 Å². The molecule has 0 heterocycles. The topological polar surface area (TPSA) is 94.6 Å². The zero-order valence-corrected chi connectivity index (χ0v) is 17.5. The lowest BCUT2D eigenvalue weighted by Crippen LogP contribution is -2.43. The van der Waals surface area contributed by atoms with Gasteiger partial charge < -0.3 is 31.6 Å². The fraction of sp³-hybridized carbons (Fsp3) is 1.00. The maximum atomic E-state index is 5.83. The van der Waals surface area contributed by atoms with E-state index in [1.54, 1.807) is 14.2 Å². The monoisotopic (exact) mass is 372 g/mol. The molecule has 0 aromatic rings. The summed E-state index contributed by atoms with van der Waals surface area (Å²) in [6.07, 6.45) is 9.53. The average molecular weight is 373 g/mol. The first kappa shape index (κ1) is 23.8. The van der Waals surface area contributed by atoms with Crippen molar-refractivity contribution >= 4 is 0 Å². The molecule has 6 N–H and O–H groups in total. The Bertz CT molecular complexity index is 298. The first-order chi connectivity index (χ1) is 12.4. The van der Waals surface area contributed by atoms with Crippen LogP contribution in [0.3, 0.4) is 0 Å². The minimum atomic E-state index is 0.441. The molecule has 0 aliphatic heterocycles. The summed E-state index contributed by atoms with van der Waals surface area (Å²) in [5.41, 5.74) is 11.7. The molecule has 26 heavy (non-hydrogen) atoms. The number of nitrogens with one attached hydrogen (secondary N) is 2. The molecule has 0 radical (unpaired) electrons. The number of hydrogen-bond acceptors (Lipinski definition) is 6. The molecule has 2 rings (SSSR count). The summed E-state index contributed by atoms with van der Waals surface area (Å²) < 4.78 is 10.2. The summed E-state index contributed by atoms with van der Waals surface area (Å²) >= 11 is 0. The third-order valence-corrected chi connectivity index (χ3v) is 5.42. The zero-order valence-electron chi connectivity index (χ0n) is 17.5. The van der Waals surface area contributed by atoms with Crippen LogP contribution in [0.25, 0.3) is 0 Å². The van der Waals surface area contributed by atoms with Gasteiger partial charge in [-0.05, 0) is 65.2 Å². The van der Waals surface area contributed by atoms with Crippen LogP contribution in [0.4, 0.5) is 0 Å². The molecule has 6 nitrogen and oxygen atoms in total. The molecule has 0 aromatic heterocycles. The minimum absolute atomic E-state index is 0.441. The maximum Gasteiger partial charge on any atom is 0.0613 e. The van der Waals surface area contributed by atoms with Crippen molar-refractivity contribution in [2.45, 2.75) is 101 Å². The largest absolute Gasteiger partial charge is 0.383 e. The van der Waals surface area contributed by atoms with Crippen molar-refractivity contribution in [2.24, 2.45) is 11.5 Å². The highest BCUT2D eigenvalue weighted by atomic mass is 16.5. The van der Waals surface area contributed by atoms with Gasteiger partial charge in [0.25, 0.3) is 0 Å². The molecule has 6 heteroatoms. The summed E-state index contributed by atoms with van der Waals surface area (Å²) in [5.74, 6) is 0. The van der Waals surface area contributed by atoms with Crippen LogP contribution in [0.5, 0.6) is 0 Å². The molecule has 0 unspecified atom stereocenters. The van der Waals surface area contributed by atoms with E-state index in [0.717, 1.165) is 38.9 Å². The highest BCUT2D eigenvalue weighted by Gasteiger charge is 2.20. The Balaban J connectivity index is 0.000000260. The second-order valence-electron chi connectivity index (χ2n) is 8.27. The number of hydrogen-bond donors (Lipinski definition) is 4. The Kier molecular flexibility index (Phi) is 12.7. The normalized spacial score (nSPS) is 31.6. The van der Waals surface area contributed by atoms with Gasteiger partial charge in [-0.15, -0.1) is 0 Å². The minimum Gasteiger partial charge on any atom is -0.383 e. The molecular weight excluding hydrogens is 328 g/mol. The molecule has 0 amide bonds. The third kappa shape index (κ3) is 10.8. The van der Waals surface area contributed by atoms with Crippen molar-refractivity contribution in [2.75, 3.05) is 27.4 Å². The summed E-state index contributed by atoms with van der Waals surface area (Å²) in [6.45, 7) is 5.92. The van der Waals surface area contributed by atoms with E-state index in [4.69, 9.17) is 20.9 Å². The standard InChI is InChI=1S/2C10H22N2O/c2*1-8(7-13-2)12-10-5-3-9(11)4-6-10/h2*8-10,12H,3-7,11H2,1-2H3/t2*8-,9?,10?/m10/s1. The van der Waals surface area contributed by atoms with E-state index in [1.807, 2.05) is 0 Å². The second-order valence-corrected chi connectivity index (χ2v) is 8.27. The second kappa shape index (κ2) is 13.9. The van der Waals surface area contributed by atoms with Gasteiger partial charge in [0, 0.05) is 50.5 Å². The van der Waals surface area contributed by atoms with Gasteiger partial charge in [-0.3, -0.25) is 0 Å². The Morgan fingerprint density at radius 3 is 1.27 bits per heavy atom. The van der Waals surface area contributed by atoms with Crippen molar-refractivity contribution in [1.82, 2.24) is 10.6 Å². The van der Waals surface area contributed by atoms with E-state index in [0.29, 0.717) is 36.3 Å². The summed E-state index contributed by atoms with van der Waals surface area (Å²) in [4.78, 5) is 0. The molecule has 156 valence electrons. The predicted octanol–water partition coefficient (Wildman–Crippen LogP) is 1.76. The van der Waals surface area contributed by atoms with Crippen LogP contribution in [0.1, 0.15) is 65.2 Å². The fourth-order valence-corrected chi connectivity index (χ4v) is 3.97. The quantitative estimate of drug-likeness (QED) is 0.519. The molecule has 0 saturated heterocycles. The Morgan fingerprint density at radius 1 is 0.692 bits per heavy atom. The number of rotatable bonds is 8. The SMILES string of the molecule is COC[C@@H](C)NC1CCC(N)CC1.COC[C@H](C)NC1CCC(N)CC1. The van der Waals surface area contributed by atoms with Crippen LogP contribution in [-0.2, 0) is 9.47 Å². The Hall–Kier alpha value is -0.240. The van der Waals surface area contributed by atoms with E-state index >= 15 is 0 Å². The van der Waals surface area contributed by atoms with Gasteiger partial charge in [-0.2, -0.15) is 0 Å². The van der Waals surface area contributed by atoms with Crippen LogP contribution in [0, 0.1) is 0 Å². The first-order valence-corrected chi connectivity index (χ1v) is 10.5. The number of nitrogens with two attached hydrogens (primary N) is 2. The lowest BCUT2D eigenvalue weighted by atomic mass is 9.91. The molecule has 2 fully saturated rings. The van der Waals surface area contributed by atoms with Crippen molar-refractivity contribution < 1.29 is 9.47 Å². The van der Waals surface area contributed by atoms with E-state index in [2.05, 4.69) is 24.5 Å². The summed E-state index contributed by atoms with van der Waals surface area (Å²) in [6, 6.07) is 3.12. The van der Waals surface area contributed by atoms with E-state index in [9.17, 15) is 0 Å². The van der Waals surface area contributed by atoms with Gasteiger partial charge >= 0.3 is 0 Å². The first-order valence-electron chi connectivity index (χ1n) is 10.5. The van der Waals surface area contributed by atoms with Gasteiger partial charge in [0.15, 0.2) is 0 Å². The number of ether oxygens (including phenoxy) is 2. The highest BCUT2D eigenvalue weighted by molar-refractivity contribution is 4.81. The van der Waals surface area contributed by atoms with Crippen molar-refractivity contribution in [1.29, 1.82) is 0 Å². The Morgan fingerprint density at radius 2 is 1.00 bits per heavy atom. The van der Waals surface area contributed by atoms with Crippen molar-refractivity contribution in [3.05, 3.63) is 0 Å². The molecule has 0 aromatic carbocycles. The smallest absolute Gasteiger partial charge is 0.0613 e. The van der Waals surface area contributed by atoms with Crippen LogP contribution >= 0.6 is 0 Å². The highest BCUT2D eigenvalue weighted by Crippen LogP contribution is 2.18. The van der Waals surface area contributed by atoms with Gasteiger partial charge in [0.05, 0.1) is 13.2 Å². The molecular formula is C20H44N4O2. The zero-order chi connectivity index (χ0) is 19.4. The third-order valence-electron chi connectivity index (χ3n) is 5.42. The van der Waals surface area contributed by atoms with Crippen LogP contribution in [0.15, 0.2) is 0 Å². The van der Waals surface area contributed by atoms with Crippen LogP contribution in [-0.4, -0.2) is 63.7 Å². The lowest BCUT2D eigenvalue weighted by molar-refractivity contribution is 0.161. The fourth-order valence-electron chi connectivity index (χ4n) is 3.97. The van der Waals surface area contributed by atoms with Crippen molar-refractivity contribution in [3.8, 4) is 0 Å². The van der Waals surface area contributed by atoms with Gasteiger partial charge in [-0.25, -0.2) is 0 Å². The molecule has 2 aliphatic carbocycles. The molecule has 2 aliphatic rings. The van der Waals surface area contributed by atoms with Crippen LogP contribution in [0.2, 0.25) is 0 Å². The molecule has 0 bridgehead atoms. The lowest BCUT2D eigenvalue weighted by Gasteiger charge is -2.29. The summed E-state index contributed by atoms with van der Waals surface area (Å²) in [7, 11) is 3.49. The maximum absolute atomic E-state index is 5.83. The van der Waals surface area contributed by atoms with Crippen molar-refractivity contribution in [3.63, 3.8) is 0 Å². The average Bonchev–Trinajstić information content (AvgIpc) is 2.60. The summed E-state index contributed by atoms with van der Waals surface area (Å²) in [5, 5.41) is 7.12.